The fraction of sp³-hybridized carbons (Fsp3) is 1.00. The maximum atomic E-state index is 10.1. The van der Waals surface area contributed by atoms with E-state index < -0.39 is 0 Å². The molecule has 0 aromatic carbocycles. The Hall–Kier alpha value is -0.0800. The summed E-state index contributed by atoms with van der Waals surface area (Å²) in [4.78, 5) is 2.54. The Morgan fingerprint density at radius 1 is 0.786 bits per heavy atom. The summed E-state index contributed by atoms with van der Waals surface area (Å²) in [5.74, 6) is 0. The second-order valence-electron chi connectivity index (χ2n) is 4.87. The number of aliphatic hydroxyl groups excluding tert-OH is 1. The molecule has 0 amide bonds. The highest BCUT2D eigenvalue weighted by atomic mass is 16.3. The first-order valence-electron chi connectivity index (χ1n) is 6.30. The third-order valence-electron chi connectivity index (χ3n) is 3.80. The molecule has 1 saturated heterocycles. The topological polar surface area (TPSA) is 23.5 Å². The summed E-state index contributed by atoms with van der Waals surface area (Å²) in [6.45, 7) is 2.45. The van der Waals surface area contributed by atoms with Gasteiger partial charge >= 0.3 is 0 Å². The summed E-state index contributed by atoms with van der Waals surface area (Å²) in [5.41, 5.74) is 0. The predicted octanol–water partition coefficient (Wildman–Crippen LogP) is 2.17. The van der Waals surface area contributed by atoms with Crippen molar-refractivity contribution in [2.75, 3.05) is 13.1 Å². The first-order chi connectivity index (χ1) is 6.88. The van der Waals surface area contributed by atoms with Gasteiger partial charge < -0.3 is 5.11 Å². The Morgan fingerprint density at radius 2 is 1.43 bits per heavy atom. The fourth-order valence-electron chi connectivity index (χ4n) is 2.94. The van der Waals surface area contributed by atoms with Gasteiger partial charge in [-0.1, -0.05) is 25.7 Å². The number of hydrogen-bond acceptors (Lipinski definition) is 2. The smallest absolute Gasteiger partial charge is 0.0695 e. The SMILES string of the molecule is OC1CCCCCC1N1CCCCC1. The van der Waals surface area contributed by atoms with Crippen LogP contribution in [0.15, 0.2) is 0 Å². The van der Waals surface area contributed by atoms with E-state index in [-0.39, 0.29) is 6.10 Å². The van der Waals surface area contributed by atoms with Crippen molar-refractivity contribution in [2.24, 2.45) is 0 Å². The van der Waals surface area contributed by atoms with E-state index in [0.29, 0.717) is 6.04 Å². The van der Waals surface area contributed by atoms with Gasteiger partial charge in [-0.05, 0) is 38.8 Å². The zero-order chi connectivity index (χ0) is 9.80. The lowest BCUT2D eigenvalue weighted by molar-refractivity contribution is 0.0340. The second-order valence-corrected chi connectivity index (χ2v) is 4.87. The highest BCUT2D eigenvalue weighted by Gasteiger charge is 2.27. The molecule has 1 N–H and O–H groups in total. The van der Waals surface area contributed by atoms with E-state index >= 15 is 0 Å². The summed E-state index contributed by atoms with van der Waals surface area (Å²) in [6, 6.07) is 0.484. The predicted molar refractivity (Wildman–Crippen MR) is 58.3 cm³/mol. The van der Waals surface area contributed by atoms with E-state index in [1.54, 1.807) is 0 Å². The monoisotopic (exact) mass is 197 g/mol. The molecule has 1 aliphatic heterocycles. The Kier molecular flexibility index (Phi) is 3.82. The molecule has 1 saturated carbocycles. The zero-order valence-electron chi connectivity index (χ0n) is 9.12. The molecule has 2 unspecified atom stereocenters. The lowest BCUT2D eigenvalue weighted by Gasteiger charge is -2.36. The van der Waals surface area contributed by atoms with Crippen molar-refractivity contribution in [2.45, 2.75) is 63.5 Å². The minimum Gasteiger partial charge on any atom is -0.391 e. The van der Waals surface area contributed by atoms with E-state index in [2.05, 4.69) is 4.90 Å². The number of rotatable bonds is 1. The second kappa shape index (κ2) is 5.13. The van der Waals surface area contributed by atoms with Crippen molar-refractivity contribution in [1.29, 1.82) is 0 Å². The van der Waals surface area contributed by atoms with Crippen molar-refractivity contribution in [3.63, 3.8) is 0 Å². The lowest BCUT2D eigenvalue weighted by atomic mass is 10.0. The van der Waals surface area contributed by atoms with Gasteiger partial charge in [-0.2, -0.15) is 0 Å². The van der Waals surface area contributed by atoms with E-state index in [0.717, 1.165) is 6.42 Å². The van der Waals surface area contributed by atoms with Crippen molar-refractivity contribution >= 4 is 0 Å². The molecule has 2 aliphatic rings. The van der Waals surface area contributed by atoms with Crippen molar-refractivity contribution < 1.29 is 5.11 Å². The molecule has 82 valence electrons. The normalized spacial score (nSPS) is 36.6. The summed E-state index contributed by atoms with van der Waals surface area (Å²) >= 11 is 0. The van der Waals surface area contributed by atoms with Crippen LogP contribution < -0.4 is 0 Å². The van der Waals surface area contributed by atoms with Crippen LogP contribution in [-0.4, -0.2) is 35.2 Å². The van der Waals surface area contributed by atoms with Crippen molar-refractivity contribution in [1.82, 2.24) is 4.90 Å². The van der Waals surface area contributed by atoms with Crippen LogP contribution in [0.1, 0.15) is 51.4 Å². The van der Waals surface area contributed by atoms with Gasteiger partial charge in [0.2, 0.25) is 0 Å². The van der Waals surface area contributed by atoms with Gasteiger partial charge in [0.15, 0.2) is 0 Å². The van der Waals surface area contributed by atoms with E-state index in [4.69, 9.17) is 0 Å². The molecule has 0 aromatic heterocycles. The van der Waals surface area contributed by atoms with Crippen LogP contribution in [0.4, 0.5) is 0 Å². The first-order valence-corrected chi connectivity index (χ1v) is 6.30. The Morgan fingerprint density at radius 3 is 2.21 bits per heavy atom. The molecular weight excluding hydrogens is 174 g/mol. The number of aliphatic hydroxyl groups is 1. The van der Waals surface area contributed by atoms with Gasteiger partial charge in [0.05, 0.1) is 6.10 Å². The Labute approximate surface area is 87.3 Å². The van der Waals surface area contributed by atoms with Gasteiger partial charge in [0.1, 0.15) is 0 Å². The molecule has 2 nitrogen and oxygen atoms in total. The third kappa shape index (κ3) is 2.48. The molecule has 1 aliphatic carbocycles. The minimum absolute atomic E-state index is 0.0457. The molecule has 1 heterocycles. The van der Waals surface area contributed by atoms with Crippen LogP contribution in [0.3, 0.4) is 0 Å². The number of likely N-dealkylation sites (tertiary alicyclic amines) is 1. The van der Waals surface area contributed by atoms with Gasteiger partial charge in [-0.15, -0.1) is 0 Å². The van der Waals surface area contributed by atoms with E-state index in [9.17, 15) is 5.11 Å². The average Bonchev–Trinajstić information content (AvgIpc) is 2.44. The summed E-state index contributed by atoms with van der Waals surface area (Å²) in [5, 5.41) is 10.1. The fourth-order valence-corrected chi connectivity index (χ4v) is 2.94. The standard InChI is InChI=1S/C12H23NO/c14-12-8-4-1-3-7-11(12)13-9-5-2-6-10-13/h11-12,14H,1-10H2. The Bertz CT molecular complexity index is 166. The maximum absolute atomic E-state index is 10.1. The highest BCUT2D eigenvalue weighted by Crippen LogP contribution is 2.24. The van der Waals surface area contributed by atoms with Gasteiger partial charge in [0.25, 0.3) is 0 Å². The van der Waals surface area contributed by atoms with Crippen LogP contribution in [0.2, 0.25) is 0 Å². The van der Waals surface area contributed by atoms with E-state index in [1.165, 1.54) is 58.0 Å². The Balaban J connectivity index is 1.91. The summed E-state index contributed by atoms with van der Waals surface area (Å²) in [7, 11) is 0. The van der Waals surface area contributed by atoms with Crippen LogP contribution >= 0.6 is 0 Å². The summed E-state index contributed by atoms with van der Waals surface area (Å²) < 4.78 is 0. The molecule has 2 atom stereocenters. The van der Waals surface area contributed by atoms with Gasteiger partial charge in [-0.3, -0.25) is 4.90 Å². The van der Waals surface area contributed by atoms with Crippen LogP contribution in [0.25, 0.3) is 0 Å². The summed E-state index contributed by atoms with van der Waals surface area (Å²) in [6.07, 6.45) is 10.1. The van der Waals surface area contributed by atoms with Crippen LogP contribution in [0.5, 0.6) is 0 Å². The molecule has 14 heavy (non-hydrogen) atoms. The maximum Gasteiger partial charge on any atom is 0.0695 e. The van der Waals surface area contributed by atoms with Crippen LogP contribution in [0, 0.1) is 0 Å². The van der Waals surface area contributed by atoms with Crippen molar-refractivity contribution in [3.05, 3.63) is 0 Å². The third-order valence-corrected chi connectivity index (χ3v) is 3.80. The number of piperidine rings is 1. The molecule has 2 rings (SSSR count). The van der Waals surface area contributed by atoms with Gasteiger partial charge in [0, 0.05) is 6.04 Å². The number of hydrogen-bond donors (Lipinski definition) is 1. The molecule has 0 bridgehead atoms. The first kappa shape index (κ1) is 10.4. The molecule has 0 aromatic rings. The molecule has 0 radical (unpaired) electrons. The molecule has 2 fully saturated rings. The molecule has 0 spiro atoms. The average molecular weight is 197 g/mol. The van der Waals surface area contributed by atoms with Crippen LogP contribution in [-0.2, 0) is 0 Å². The highest BCUT2D eigenvalue weighted by molar-refractivity contribution is 4.83. The van der Waals surface area contributed by atoms with Crippen molar-refractivity contribution in [3.8, 4) is 0 Å². The largest absolute Gasteiger partial charge is 0.391 e. The van der Waals surface area contributed by atoms with Gasteiger partial charge in [-0.25, -0.2) is 0 Å². The number of nitrogens with zero attached hydrogens (tertiary/aromatic N) is 1. The minimum atomic E-state index is -0.0457. The van der Waals surface area contributed by atoms with E-state index in [1.807, 2.05) is 0 Å². The lowest BCUT2D eigenvalue weighted by Crippen LogP contribution is -2.45. The quantitative estimate of drug-likeness (QED) is 0.651. The molecule has 2 heteroatoms. The molecular formula is C12H23NO. The zero-order valence-corrected chi connectivity index (χ0v) is 9.12.